The topological polar surface area (TPSA) is 26.3 Å². The van der Waals surface area contributed by atoms with E-state index in [1.54, 1.807) is 6.92 Å². The molecule has 2 heteroatoms. The van der Waals surface area contributed by atoms with Crippen molar-refractivity contribution in [3.8, 4) is 11.8 Å². The van der Waals surface area contributed by atoms with Gasteiger partial charge in [-0.15, -0.1) is 0 Å². The lowest BCUT2D eigenvalue weighted by molar-refractivity contribution is -0.137. The van der Waals surface area contributed by atoms with E-state index in [4.69, 9.17) is 0 Å². The van der Waals surface area contributed by atoms with Crippen molar-refractivity contribution in [1.29, 1.82) is 0 Å². The summed E-state index contributed by atoms with van der Waals surface area (Å²) in [6.45, 7) is 8.21. The summed E-state index contributed by atoms with van der Waals surface area (Å²) in [6, 6.07) is 0. The highest BCUT2D eigenvalue weighted by Gasteiger charge is 2.02. The first-order chi connectivity index (χ1) is 5.95. The van der Waals surface area contributed by atoms with Crippen molar-refractivity contribution in [1.82, 2.24) is 0 Å². The second-order valence-electron chi connectivity index (χ2n) is 3.60. The largest absolute Gasteiger partial charge is 0.463 e. The maximum Gasteiger partial charge on any atom is 0.331 e. The van der Waals surface area contributed by atoms with Gasteiger partial charge in [-0.3, -0.25) is 0 Å². The van der Waals surface area contributed by atoms with Crippen LogP contribution < -0.4 is 0 Å². The van der Waals surface area contributed by atoms with Crippen molar-refractivity contribution in [3.05, 3.63) is 12.2 Å². The second kappa shape index (κ2) is 5.42. The van der Waals surface area contributed by atoms with Crippen molar-refractivity contribution in [2.45, 2.75) is 27.7 Å². The molecule has 0 saturated carbocycles. The zero-order chi connectivity index (χ0) is 10.3. The van der Waals surface area contributed by atoms with Crippen molar-refractivity contribution in [3.63, 3.8) is 0 Å². The highest BCUT2D eigenvalue weighted by molar-refractivity contribution is 5.82. The average Bonchev–Trinajstić information content (AvgIpc) is 1.97. The first-order valence-electron chi connectivity index (χ1n) is 4.31. The Morgan fingerprint density at radius 1 is 1.46 bits per heavy atom. The molecule has 0 aliphatic carbocycles. The fourth-order valence-corrected chi connectivity index (χ4v) is 0.558. The van der Waals surface area contributed by atoms with Gasteiger partial charge in [-0.1, -0.05) is 11.8 Å². The van der Waals surface area contributed by atoms with E-state index in [-0.39, 0.29) is 11.4 Å². The van der Waals surface area contributed by atoms with Crippen LogP contribution in [0.4, 0.5) is 0 Å². The van der Waals surface area contributed by atoms with Crippen LogP contribution in [0.3, 0.4) is 0 Å². The third kappa shape index (κ3) is 8.68. The van der Waals surface area contributed by atoms with E-state index in [0.29, 0.717) is 6.61 Å². The molecule has 0 fully saturated rings. The van der Waals surface area contributed by atoms with Gasteiger partial charge in [-0.25, -0.2) is 4.79 Å². The van der Waals surface area contributed by atoms with Crippen LogP contribution in [0, 0.1) is 17.3 Å². The molecule has 0 rings (SSSR count). The number of hydrogen-bond acceptors (Lipinski definition) is 2. The van der Waals surface area contributed by atoms with E-state index in [1.165, 1.54) is 12.2 Å². The molecule has 72 valence electrons. The molecule has 13 heavy (non-hydrogen) atoms. The molecule has 0 spiro atoms. The van der Waals surface area contributed by atoms with Gasteiger partial charge in [0.25, 0.3) is 0 Å². The van der Waals surface area contributed by atoms with Crippen molar-refractivity contribution >= 4 is 5.97 Å². The summed E-state index contributed by atoms with van der Waals surface area (Å²) in [5.41, 5.74) is -0.0288. The molecular weight excluding hydrogens is 164 g/mol. The van der Waals surface area contributed by atoms with Crippen LogP contribution in [0.25, 0.3) is 0 Å². The minimum atomic E-state index is -0.342. The van der Waals surface area contributed by atoms with Gasteiger partial charge in [0.05, 0.1) is 6.61 Å². The number of rotatable bonds is 2. The Morgan fingerprint density at radius 2 is 2.08 bits per heavy atom. The summed E-state index contributed by atoms with van der Waals surface area (Å²) in [6.07, 6.45) is 2.85. The number of esters is 1. The summed E-state index contributed by atoms with van der Waals surface area (Å²) < 4.78 is 4.68. The number of carbonyl (C=O) groups is 1. The predicted octanol–water partition coefficient (Wildman–Crippen LogP) is 2.16. The van der Waals surface area contributed by atoms with Gasteiger partial charge in [0.2, 0.25) is 0 Å². The molecular formula is C11H16O2. The van der Waals surface area contributed by atoms with Crippen LogP contribution in [0.2, 0.25) is 0 Å². The van der Waals surface area contributed by atoms with Crippen LogP contribution in [-0.4, -0.2) is 12.6 Å². The molecule has 2 nitrogen and oxygen atoms in total. The average molecular weight is 180 g/mol. The summed E-state index contributed by atoms with van der Waals surface area (Å²) in [4.78, 5) is 10.8. The third-order valence-electron chi connectivity index (χ3n) is 1.04. The fraction of sp³-hybridized carbons (Fsp3) is 0.545. The Bertz CT molecular complexity index is 245. The van der Waals surface area contributed by atoms with Crippen LogP contribution in [0.15, 0.2) is 12.2 Å². The summed E-state index contributed by atoms with van der Waals surface area (Å²) in [5, 5.41) is 0. The molecule has 0 radical (unpaired) electrons. The van der Waals surface area contributed by atoms with E-state index in [9.17, 15) is 4.79 Å². The standard InChI is InChI=1S/C11H16O2/c1-5-13-10(12)8-6-7-9-11(2,3)4/h6,8H,5H2,1-4H3. The van der Waals surface area contributed by atoms with E-state index in [0.717, 1.165) is 0 Å². The molecule has 0 bridgehead atoms. The quantitative estimate of drug-likeness (QED) is 0.370. The Balaban J connectivity index is 3.99. The van der Waals surface area contributed by atoms with Gasteiger partial charge in [0, 0.05) is 11.5 Å². The first-order valence-corrected chi connectivity index (χ1v) is 4.31. The lowest BCUT2D eigenvalue weighted by Crippen LogP contribution is -1.99. The smallest absolute Gasteiger partial charge is 0.331 e. The zero-order valence-electron chi connectivity index (χ0n) is 8.68. The molecule has 0 aromatic heterocycles. The highest BCUT2D eigenvalue weighted by atomic mass is 16.5. The molecule has 0 unspecified atom stereocenters. The fourth-order valence-electron chi connectivity index (χ4n) is 0.558. The van der Waals surface area contributed by atoms with E-state index in [1.807, 2.05) is 20.8 Å². The Kier molecular flexibility index (Phi) is 4.91. The normalized spacial score (nSPS) is 10.8. The summed E-state index contributed by atoms with van der Waals surface area (Å²) in [5.74, 6) is 5.42. The summed E-state index contributed by atoms with van der Waals surface area (Å²) in [7, 11) is 0. The van der Waals surface area contributed by atoms with Gasteiger partial charge in [-0.2, -0.15) is 0 Å². The SMILES string of the molecule is CCOC(=O)C=CC#CC(C)(C)C. The lowest BCUT2D eigenvalue weighted by atomic mass is 9.98. The molecule has 0 heterocycles. The molecule has 0 saturated heterocycles. The van der Waals surface area contributed by atoms with Crippen molar-refractivity contribution in [2.24, 2.45) is 5.41 Å². The Morgan fingerprint density at radius 3 is 2.54 bits per heavy atom. The van der Waals surface area contributed by atoms with Crippen LogP contribution in [0.1, 0.15) is 27.7 Å². The molecule has 0 aromatic rings. The highest BCUT2D eigenvalue weighted by Crippen LogP contribution is 2.09. The van der Waals surface area contributed by atoms with Gasteiger partial charge in [0.15, 0.2) is 0 Å². The van der Waals surface area contributed by atoms with Gasteiger partial charge >= 0.3 is 5.97 Å². The predicted molar refractivity (Wildman–Crippen MR) is 53.0 cm³/mol. The minimum Gasteiger partial charge on any atom is -0.463 e. The number of ether oxygens (including phenoxy) is 1. The number of hydrogen-bond donors (Lipinski definition) is 0. The van der Waals surface area contributed by atoms with Gasteiger partial charge < -0.3 is 4.74 Å². The number of allylic oxidation sites excluding steroid dienone is 1. The molecule has 0 amide bonds. The Labute approximate surface area is 80.0 Å². The Hall–Kier alpha value is -1.23. The van der Waals surface area contributed by atoms with Gasteiger partial charge in [0.1, 0.15) is 0 Å². The zero-order valence-corrected chi connectivity index (χ0v) is 8.68. The van der Waals surface area contributed by atoms with Crippen LogP contribution >= 0.6 is 0 Å². The lowest BCUT2D eigenvalue weighted by Gasteiger charge is -2.05. The van der Waals surface area contributed by atoms with E-state index < -0.39 is 0 Å². The van der Waals surface area contributed by atoms with Crippen LogP contribution in [-0.2, 0) is 9.53 Å². The minimum absolute atomic E-state index is 0.0288. The van der Waals surface area contributed by atoms with Gasteiger partial charge in [-0.05, 0) is 33.8 Å². The van der Waals surface area contributed by atoms with Crippen molar-refractivity contribution < 1.29 is 9.53 Å². The van der Waals surface area contributed by atoms with Crippen LogP contribution in [0.5, 0.6) is 0 Å². The third-order valence-corrected chi connectivity index (χ3v) is 1.04. The monoisotopic (exact) mass is 180 g/mol. The van der Waals surface area contributed by atoms with E-state index >= 15 is 0 Å². The van der Waals surface area contributed by atoms with Crippen molar-refractivity contribution in [2.75, 3.05) is 6.61 Å². The molecule has 0 aliphatic rings. The molecule has 0 aromatic carbocycles. The molecule has 0 aliphatic heterocycles. The number of carbonyl (C=O) groups excluding carboxylic acids is 1. The molecule has 0 N–H and O–H groups in total. The van der Waals surface area contributed by atoms with E-state index in [2.05, 4.69) is 16.6 Å². The maximum absolute atomic E-state index is 10.8. The second-order valence-corrected chi connectivity index (χ2v) is 3.60. The first kappa shape index (κ1) is 11.8. The summed E-state index contributed by atoms with van der Waals surface area (Å²) >= 11 is 0. The molecule has 0 atom stereocenters. The maximum atomic E-state index is 10.8.